The Morgan fingerprint density at radius 1 is 0.281 bits per heavy atom. The number of carbonyl (C=O) groups is 4. The maximum Gasteiger partial charge on any atom is 0.472 e. The highest BCUT2D eigenvalue weighted by Crippen LogP contribution is 2.45. The fourth-order valence-electron chi connectivity index (χ4n) is 11.8. The highest BCUT2D eigenvalue weighted by atomic mass is 31.2. The largest absolute Gasteiger partial charge is 0.472 e. The van der Waals surface area contributed by atoms with Crippen LogP contribution in [0.1, 0.15) is 401 Å². The molecule has 0 radical (unpaired) electrons. The van der Waals surface area contributed by atoms with E-state index in [1.165, 1.54) is 218 Å². The fourth-order valence-corrected chi connectivity index (χ4v) is 13.4. The summed E-state index contributed by atoms with van der Waals surface area (Å²) >= 11 is 0. The van der Waals surface area contributed by atoms with Crippen LogP contribution in [0.3, 0.4) is 0 Å². The van der Waals surface area contributed by atoms with Crippen molar-refractivity contribution in [3.63, 3.8) is 0 Å². The van der Waals surface area contributed by atoms with Gasteiger partial charge in [0, 0.05) is 25.7 Å². The van der Waals surface area contributed by atoms with E-state index in [-0.39, 0.29) is 25.7 Å². The van der Waals surface area contributed by atoms with E-state index in [9.17, 15) is 43.2 Å². The molecular formula is C77H150O17P2. The van der Waals surface area contributed by atoms with Crippen LogP contribution in [-0.2, 0) is 65.4 Å². The molecule has 570 valence electrons. The molecule has 0 saturated carbocycles. The summed E-state index contributed by atoms with van der Waals surface area (Å²) < 4.78 is 68.5. The highest BCUT2D eigenvalue weighted by molar-refractivity contribution is 7.47. The molecule has 0 amide bonds. The van der Waals surface area contributed by atoms with Crippen molar-refractivity contribution in [1.82, 2.24) is 0 Å². The third kappa shape index (κ3) is 70.5. The second kappa shape index (κ2) is 68.8. The van der Waals surface area contributed by atoms with E-state index in [0.717, 1.165) is 102 Å². The molecule has 0 spiro atoms. The van der Waals surface area contributed by atoms with Crippen LogP contribution in [0.4, 0.5) is 0 Å². The Labute approximate surface area is 588 Å². The zero-order valence-electron chi connectivity index (χ0n) is 62.7. The maximum absolute atomic E-state index is 13.1. The first kappa shape index (κ1) is 94.1. The van der Waals surface area contributed by atoms with Gasteiger partial charge >= 0.3 is 39.5 Å². The summed E-state index contributed by atoms with van der Waals surface area (Å²) in [6.45, 7) is 9.63. The first-order valence-electron chi connectivity index (χ1n) is 40.0. The number of aliphatic hydroxyl groups is 1. The summed E-state index contributed by atoms with van der Waals surface area (Å²) in [5.41, 5.74) is 0. The van der Waals surface area contributed by atoms with Crippen LogP contribution in [0.2, 0.25) is 0 Å². The molecule has 0 aromatic heterocycles. The molecule has 0 aliphatic carbocycles. The summed E-state index contributed by atoms with van der Waals surface area (Å²) in [4.78, 5) is 72.8. The summed E-state index contributed by atoms with van der Waals surface area (Å²) in [5.74, 6) is -0.512. The quantitative estimate of drug-likeness (QED) is 0.0222. The minimum atomic E-state index is -4.96. The molecule has 0 aliphatic rings. The van der Waals surface area contributed by atoms with Gasteiger partial charge in [-0.05, 0) is 37.5 Å². The topological polar surface area (TPSA) is 237 Å². The second-order valence-corrected chi connectivity index (χ2v) is 31.6. The van der Waals surface area contributed by atoms with Crippen LogP contribution < -0.4 is 0 Å². The molecule has 0 heterocycles. The predicted molar refractivity (Wildman–Crippen MR) is 391 cm³/mol. The lowest BCUT2D eigenvalue weighted by Gasteiger charge is -2.21. The molecule has 2 unspecified atom stereocenters. The van der Waals surface area contributed by atoms with Crippen molar-refractivity contribution >= 4 is 39.5 Å². The zero-order chi connectivity index (χ0) is 70.7. The van der Waals surface area contributed by atoms with Gasteiger partial charge in [0.25, 0.3) is 0 Å². The summed E-state index contributed by atoms with van der Waals surface area (Å²) in [6.07, 6.45) is 56.9. The number of hydrogen-bond donors (Lipinski definition) is 3. The number of rotatable bonds is 76. The lowest BCUT2D eigenvalue weighted by Crippen LogP contribution is -2.30. The van der Waals surface area contributed by atoms with Gasteiger partial charge in [-0.15, -0.1) is 0 Å². The van der Waals surface area contributed by atoms with Crippen molar-refractivity contribution in [3.05, 3.63) is 0 Å². The molecule has 0 rings (SSSR count). The van der Waals surface area contributed by atoms with Crippen LogP contribution in [0.25, 0.3) is 0 Å². The lowest BCUT2D eigenvalue weighted by atomic mass is 10.0. The molecule has 17 nitrogen and oxygen atoms in total. The van der Waals surface area contributed by atoms with Gasteiger partial charge in [0.15, 0.2) is 12.2 Å². The normalized spacial score (nSPS) is 14.0. The molecule has 5 atom stereocenters. The molecule has 19 heteroatoms. The van der Waals surface area contributed by atoms with Gasteiger partial charge in [-0.1, -0.05) is 350 Å². The van der Waals surface area contributed by atoms with Crippen molar-refractivity contribution in [2.45, 2.75) is 419 Å². The Bertz CT molecular complexity index is 1860. The second-order valence-electron chi connectivity index (χ2n) is 28.7. The van der Waals surface area contributed by atoms with E-state index < -0.39 is 97.5 Å². The first-order chi connectivity index (χ1) is 46.4. The van der Waals surface area contributed by atoms with Crippen molar-refractivity contribution in [1.29, 1.82) is 0 Å². The predicted octanol–water partition coefficient (Wildman–Crippen LogP) is 22.7. The van der Waals surface area contributed by atoms with E-state index in [2.05, 4.69) is 41.5 Å². The van der Waals surface area contributed by atoms with E-state index >= 15 is 0 Å². The third-order valence-electron chi connectivity index (χ3n) is 18.0. The Morgan fingerprint density at radius 3 is 0.708 bits per heavy atom. The van der Waals surface area contributed by atoms with Crippen LogP contribution >= 0.6 is 15.6 Å². The van der Waals surface area contributed by atoms with Crippen LogP contribution in [0.5, 0.6) is 0 Å². The number of hydrogen-bond acceptors (Lipinski definition) is 15. The first-order valence-corrected chi connectivity index (χ1v) is 43.0. The minimum Gasteiger partial charge on any atom is -0.462 e. The molecule has 0 aromatic rings. The van der Waals surface area contributed by atoms with Gasteiger partial charge in [-0.2, -0.15) is 0 Å². The van der Waals surface area contributed by atoms with Gasteiger partial charge in [0.2, 0.25) is 0 Å². The molecule has 0 aromatic carbocycles. The van der Waals surface area contributed by atoms with Crippen molar-refractivity contribution in [2.24, 2.45) is 11.8 Å². The Balaban J connectivity index is 5.19. The average molecular weight is 1410 g/mol. The molecule has 0 saturated heterocycles. The number of unbranched alkanes of at least 4 members (excludes halogenated alkanes) is 46. The van der Waals surface area contributed by atoms with Crippen LogP contribution in [-0.4, -0.2) is 96.7 Å². The number of phosphoric ester groups is 2. The Morgan fingerprint density at radius 2 is 0.479 bits per heavy atom. The minimum absolute atomic E-state index is 0.107. The van der Waals surface area contributed by atoms with Crippen LogP contribution in [0, 0.1) is 11.8 Å². The molecule has 0 fully saturated rings. The fraction of sp³-hybridized carbons (Fsp3) is 0.948. The molecule has 96 heavy (non-hydrogen) atoms. The van der Waals surface area contributed by atoms with E-state index in [1.807, 2.05) is 0 Å². The SMILES string of the molecule is CCCCCCCCCCCCC(=O)OC[C@H](COP(=O)(O)OC[C@H](O)COP(=O)(O)OC[C@@H](COC(=O)CCCCCCCCCCCCCCC(C)C)OC(=O)CCCCCCCCCCCCCCCCCCCCC(C)C)OC(=O)CCCCCCCCCCCC. The summed E-state index contributed by atoms with van der Waals surface area (Å²) in [6, 6.07) is 0. The highest BCUT2D eigenvalue weighted by Gasteiger charge is 2.30. The lowest BCUT2D eigenvalue weighted by molar-refractivity contribution is -0.161. The van der Waals surface area contributed by atoms with E-state index in [4.69, 9.17) is 37.0 Å². The van der Waals surface area contributed by atoms with Gasteiger partial charge in [0.05, 0.1) is 26.4 Å². The number of aliphatic hydroxyl groups excluding tert-OH is 1. The Kier molecular flexibility index (Phi) is 67.4. The number of carbonyl (C=O) groups excluding carboxylic acids is 4. The zero-order valence-corrected chi connectivity index (χ0v) is 64.5. The van der Waals surface area contributed by atoms with Crippen molar-refractivity contribution < 1.29 is 80.2 Å². The maximum atomic E-state index is 13.1. The van der Waals surface area contributed by atoms with Crippen LogP contribution in [0.15, 0.2) is 0 Å². The molecular weight excluding hydrogens is 1260 g/mol. The van der Waals surface area contributed by atoms with Gasteiger partial charge in [-0.3, -0.25) is 37.3 Å². The standard InChI is InChI=1S/C77H150O17P2/c1-7-9-11-13-15-17-35-41-47-53-59-74(79)87-65-72(93-76(81)61-55-49-43-36-18-16-14-12-10-8-2)67-91-95(83,84)89-63-71(78)64-90-96(85,86)92-68-73(66-88-75(80)60-54-48-42-37-31-28-27-30-34-40-46-52-58-70(5)6)94-77(82)62-56-50-44-38-32-26-24-22-20-19-21-23-25-29-33-39-45-51-57-69(3)4/h69-73,78H,7-68H2,1-6H3,(H,83,84)(H,85,86)/t71-,72+,73+/m0/s1. The summed E-state index contributed by atoms with van der Waals surface area (Å²) in [5, 5.41) is 10.6. The number of ether oxygens (including phenoxy) is 4. The smallest absolute Gasteiger partial charge is 0.462 e. The van der Waals surface area contributed by atoms with Crippen molar-refractivity contribution in [3.8, 4) is 0 Å². The molecule has 0 bridgehead atoms. The Hall–Kier alpha value is -1.94. The molecule has 3 N–H and O–H groups in total. The van der Waals surface area contributed by atoms with Gasteiger partial charge in [-0.25, -0.2) is 9.13 Å². The average Bonchev–Trinajstić information content (AvgIpc) is 1.13. The van der Waals surface area contributed by atoms with Gasteiger partial charge in [0.1, 0.15) is 19.3 Å². The van der Waals surface area contributed by atoms with E-state index in [1.54, 1.807) is 0 Å². The number of esters is 4. The third-order valence-corrected chi connectivity index (χ3v) is 19.9. The van der Waals surface area contributed by atoms with Gasteiger partial charge < -0.3 is 33.8 Å². The molecule has 0 aliphatic heterocycles. The van der Waals surface area contributed by atoms with E-state index in [0.29, 0.717) is 25.7 Å². The summed E-state index contributed by atoms with van der Waals surface area (Å²) in [7, 11) is -9.91. The van der Waals surface area contributed by atoms with Crippen molar-refractivity contribution in [2.75, 3.05) is 39.6 Å². The number of phosphoric acid groups is 2. The monoisotopic (exact) mass is 1410 g/mol.